The molecular formula is C57H36N2. The highest BCUT2D eigenvalue weighted by molar-refractivity contribution is 6.22. The molecule has 1 aromatic heterocycles. The van der Waals surface area contributed by atoms with Crippen molar-refractivity contribution in [2.45, 2.75) is 0 Å². The van der Waals surface area contributed by atoms with Crippen molar-refractivity contribution in [3.05, 3.63) is 218 Å². The van der Waals surface area contributed by atoms with Crippen molar-refractivity contribution in [1.82, 2.24) is 9.55 Å². The number of para-hydroxylation sites is 2. The second-order valence-electron chi connectivity index (χ2n) is 15.5. The molecule has 0 aliphatic carbocycles. The van der Waals surface area contributed by atoms with Crippen LogP contribution >= 0.6 is 0 Å². The molecule has 0 amide bonds. The summed E-state index contributed by atoms with van der Waals surface area (Å²) in [4.78, 5) is 5.20. The summed E-state index contributed by atoms with van der Waals surface area (Å²) in [7, 11) is 0. The van der Waals surface area contributed by atoms with Crippen LogP contribution in [0.2, 0.25) is 0 Å². The van der Waals surface area contributed by atoms with E-state index in [2.05, 4.69) is 223 Å². The lowest BCUT2D eigenvalue weighted by Crippen LogP contribution is -1.97. The van der Waals surface area contributed by atoms with Gasteiger partial charge in [-0.25, -0.2) is 4.98 Å². The minimum Gasteiger partial charge on any atom is -0.292 e. The van der Waals surface area contributed by atoms with E-state index in [0.717, 1.165) is 33.7 Å². The zero-order chi connectivity index (χ0) is 38.9. The van der Waals surface area contributed by atoms with E-state index in [-0.39, 0.29) is 0 Å². The van der Waals surface area contributed by atoms with E-state index < -0.39 is 0 Å². The van der Waals surface area contributed by atoms with Crippen LogP contribution in [0, 0.1) is 0 Å². The summed E-state index contributed by atoms with van der Waals surface area (Å²) in [5.41, 5.74) is 11.5. The summed E-state index contributed by atoms with van der Waals surface area (Å²) in [6, 6.07) is 79.7. The van der Waals surface area contributed by atoms with Gasteiger partial charge in [0.25, 0.3) is 0 Å². The van der Waals surface area contributed by atoms with E-state index in [4.69, 9.17) is 4.98 Å². The summed E-state index contributed by atoms with van der Waals surface area (Å²) in [5.74, 6) is 0.927. The van der Waals surface area contributed by atoms with Crippen LogP contribution < -0.4 is 0 Å². The molecule has 2 nitrogen and oxygen atoms in total. The Balaban J connectivity index is 1.05. The van der Waals surface area contributed by atoms with Crippen LogP contribution in [-0.4, -0.2) is 9.55 Å². The van der Waals surface area contributed by atoms with Crippen LogP contribution in [0.5, 0.6) is 0 Å². The fraction of sp³-hybridized carbons (Fsp3) is 0. The van der Waals surface area contributed by atoms with Gasteiger partial charge in [-0.15, -0.1) is 0 Å². The Morgan fingerprint density at radius 3 is 1.39 bits per heavy atom. The van der Waals surface area contributed by atoms with Crippen molar-refractivity contribution >= 4 is 64.9 Å². The molecule has 0 saturated heterocycles. The number of nitrogens with zero attached hydrogens (tertiary/aromatic N) is 2. The molecule has 2 heteroatoms. The van der Waals surface area contributed by atoms with Gasteiger partial charge in [-0.3, -0.25) is 4.57 Å². The topological polar surface area (TPSA) is 17.8 Å². The van der Waals surface area contributed by atoms with Gasteiger partial charge >= 0.3 is 0 Å². The van der Waals surface area contributed by atoms with Gasteiger partial charge in [0.05, 0.1) is 11.0 Å². The summed E-state index contributed by atoms with van der Waals surface area (Å²) in [5, 5.41) is 12.4. The first kappa shape index (κ1) is 33.3. The van der Waals surface area contributed by atoms with Crippen LogP contribution in [-0.2, 0) is 0 Å². The number of imidazole rings is 1. The molecular weight excluding hydrogens is 713 g/mol. The molecule has 0 aliphatic heterocycles. The van der Waals surface area contributed by atoms with Gasteiger partial charge in [-0.2, -0.15) is 0 Å². The van der Waals surface area contributed by atoms with Gasteiger partial charge in [0.15, 0.2) is 0 Å². The maximum absolute atomic E-state index is 5.20. The molecule has 59 heavy (non-hydrogen) atoms. The van der Waals surface area contributed by atoms with Gasteiger partial charge in [-0.05, 0) is 130 Å². The Morgan fingerprint density at radius 1 is 0.288 bits per heavy atom. The van der Waals surface area contributed by atoms with E-state index >= 15 is 0 Å². The standard InChI is InChI=1S/C57H36N2/c1-4-14-42-33-46(27-23-37(42)11-1)55-49-17-7-8-18-50(49)56(47-28-24-38-12-2-5-15-43(38)34-47)52-36-45(30-32-51(52)55)40-21-25-41(26-22-40)57-58-53-19-9-10-20-54(53)59(57)48-31-29-39-13-3-6-16-44(39)35-48/h1-36H. The van der Waals surface area contributed by atoms with Gasteiger partial charge < -0.3 is 0 Å². The van der Waals surface area contributed by atoms with Crippen LogP contribution in [0.3, 0.4) is 0 Å². The molecule has 0 N–H and O–H groups in total. The lowest BCUT2D eigenvalue weighted by atomic mass is 9.84. The minimum atomic E-state index is 0.927. The van der Waals surface area contributed by atoms with E-state index in [1.165, 1.54) is 81.7 Å². The van der Waals surface area contributed by atoms with Crippen LogP contribution in [0.1, 0.15) is 0 Å². The Morgan fingerprint density at radius 2 is 0.746 bits per heavy atom. The van der Waals surface area contributed by atoms with E-state index in [1.54, 1.807) is 0 Å². The molecule has 0 radical (unpaired) electrons. The van der Waals surface area contributed by atoms with E-state index in [1.807, 2.05) is 0 Å². The Bertz CT molecular complexity index is 3610. The minimum absolute atomic E-state index is 0.927. The summed E-state index contributed by atoms with van der Waals surface area (Å²) < 4.78 is 2.29. The van der Waals surface area contributed by atoms with Crippen molar-refractivity contribution in [2.75, 3.05) is 0 Å². The lowest BCUT2D eigenvalue weighted by molar-refractivity contribution is 1.11. The molecule has 0 bridgehead atoms. The maximum Gasteiger partial charge on any atom is 0.145 e. The van der Waals surface area contributed by atoms with E-state index in [9.17, 15) is 0 Å². The first-order valence-electron chi connectivity index (χ1n) is 20.3. The van der Waals surface area contributed by atoms with E-state index in [0.29, 0.717) is 0 Å². The molecule has 274 valence electrons. The summed E-state index contributed by atoms with van der Waals surface area (Å²) in [6.45, 7) is 0. The maximum atomic E-state index is 5.20. The predicted molar refractivity (Wildman–Crippen MR) is 250 cm³/mol. The van der Waals surface area contributed by atoms with Crippen molar-refractivity contribution < 1.29 is 0 Å². The van der Waals surface area contributed by atoms with Crippen LogP contribution in [0.15, 0.2) is 218 Å². The molecule has 0 aliphatic rings. The summed E-state index contributed by atoms with van der Waals surface area (Å²) in [6.07, 6.45) is 0. The molecule has 0 spiro atoms. The Labute approximate surface area is 341 Å². The van der Waals surface area contributed by atoms with Crippen molar-refractivity contribution in [3.8, 4) is 50.5 Å². The van der Waals surface area contributed by atoms with Crippen LogP contribution in [0.4, 0.5) is 0 Å². The van der Waals surface area contributed by atoms with Gasteiger partial charge in [-0.1, -0.05) is 176 Å². The number of hydrogen-bond acceptors (Lipinski definition) is 1. The largest absolute Gasteiger partial charge is 0.292 e. The third-order valence-electron chi connectivity index (χ3n) is 12.1. The second kappa shape index (κ2) is 13.4. The average molecular weight is 749 g/mol. The number of hydrogen-bond donors (Lipinski definition) is 0. The van der Waals surface area contributed by atoms with Crippen molar-refractivity contribution in [3.63, 3.8) is 0 Å². The zero-order valence-electron chi connectivity index (χ0n) is 32.2. The molecule has 0 saturated carbocycles. The zero-order valence-corrected chi connectivity index (χ0v) is 32.2. The summed E-state index contributed by atoms with van der Waals surface area (Å²) >= 11 is 0. The fourth-order valence-electron chi connectivity index (χ4n) is 9.28. The Hall–Kier alpha value is -7.81. The molecule has 1 heterocycles. The molecule has 0 atom stereocenters. The van der Waals surface area contributed by atoms with Crippen LogP contribution in [0.25, 0.3) is 115 Å². The van der Waals surface area contributed by atoms with Crippen molar-refractivity contribution in [1.29, 1.82) is 0 Å². The lowest BCUT2D eigenvalue weighted by Gasteiger charge is -2.19. The monoisotopic (exact) mass is 748 g/mol. The van der Waals surface area contributed by atoms with Gasteiger partial charge in [0, 0.05) is 11.3 Å². The second-order valence-corrected chi connectivity index (χ2v) is 15.5. The van der Waals surface area contributed by atoms with Gasteiger partial charge in [0.2, 0.25) is 0 Å². The highest BCUT2D eigenvalue weighted by Gasteiger charge is 2.19. The van der Waals surface area contributed by atoms with Crippen molar-refractivity contribution in [2.24, 2.45) is 0 Å². The highest BCUT2D eigenvalue weighted by Crippen LogP contribution is 2.46. The molecule has 11 aromatic carbocycles. The normalized spacial score (nSPS) is 11.7. The first-order chi connectivity index (χ1) is 29.2. The number of aromatic nitrogens is 2. The quantitative estimate of drug-likeness (QED) is 0.160. The number of fused-ring (bicyclic) bond motifs is 6. The highest BCUT2D eigenvalue weighted by atomic mass is 15.1. The number of benzene rings is 11. The SMILES string of the molecule is c1ccc2cc(-c3c4ccccc4c(-c4ccc5ccccc5c4)c4cc(-c5ccc(-c6nc7ccccc7n6-c6ccc7ccccc7c6)cc5)ccc34)ccc2c1. The number of rotatable bonds is 5. The van der Waals surface area contributed by atoms with Gasteiger partial charge in [0.1, 0.15) is 5.82 Å². The third kappa shape index (κ3) is 5.53. The molecule has 12 rings (SSSR count). The average Bonchev–Trinajstić information content (AvgIpc) is 3.70. The fourth-order valence-corrected chi connectivity index (χ4v) is 9.28. The molecule has 12 aromatic rings. The predicted octanol–water partition coefficient (Wildman–Crippen LogP) is 15.5. The first-order valence-corrected chi connectivity index (χ1v) is 20.3. The molecule has 0 fully saturated rings. The molecule has 0 unspecified atom stereocenters. The third-order valence-corrected chi connectivity index (χ3v) is 12.1. The Kier molecular flexibility index (Phi) is 7.57. The smallest absolute Gasteiger partial charge is 0.145 e.